The van der Waals surface area contributed by atoms with Gasteiger partial charge in [-0.15, -0.1) is 0 Å². The lowest BCUT2D eigenvalue weighted by Crippen LogP contribution is -2.42. The molecule has 0 atom stereocenters. The normalized spacial score (nSPS) is 13.8. The van der Waals surface area contributed by atoms with Crippen molar-refractivity contribution in [2.75, 3.05) is 6.54 Å². The Morgan fingerprint density at radius 2 is 2.05 bits per heavy atom. The number of nitrogens with zero attached hydrogens (tertiary/aromatic N) is 3. The van der Waals surface area contributed by atoms with Crippen molar-refractivity contribution in [3.05, 3.63) is 11.4 Å². The highest BCUT2D eigenvalue weighted by Crippen LogP contribution is 2.20. The molecular formula is C11H21N5O3S. The van der Waals surface area contributed by atoms with Gasteiger partial charge in [-0.3, -0.25) is 4.68 Å². The predicted molar refractivity (Wildman–Crippen MR) is 75.1 cm³/mol. The molecule has 0 aromatic carbocycles. The van der Waals surface area contributed by atoms with E-state index in [4.69, 9.17) is 10.9 Å². The lowest BCUT2D eigenvalue weighted by Gasteiger charge is -2.23. The first kappa shape index (κ1) is 16.4. The fourth-order valence-corrected chi connectivity index (χ4v) is 3.36. The van der Waals surface area contributed by atoms with Gasteiger partial charge in [0.15, 0.2) is 0 Å². The van der Waals surface area contributed by atoms with Crippen molar-refractivity contribution in [2.24, 2.45) is 23.4 Å². The molecule has 0 amide bonds. The monoisotopic (exact) mass is 303 g/mol. The Labute approximate surface area is 118 Å². The van der Waals surface area contributed by atoms with Gasteiger partial charge in [0, 0.05) is 19.0 Å². The minimum absolute atomic E-state index is 0.0129. The van der Waals surface area contributed by atoms with Crippen LogP contribution in [0, 0.1) is 19.3 Å². The minimum atomic E-state index is -3.70. The summed E-state index contributed by atoms with van der Waals surface area (Å²) in [6, 6.07) is 0. The van der Waals surface area contributed by atoms with E-state index in [1.165, 1.54) is 4.68 Å². The molecule has 0 bridgehead atoms. The third-order valence-corrected chi connectivity index (χ3v) is 4.87. The molecule has 9 heteroatoms. The van der Waals surface area contributed by atoms with Crippen LogP contribution in [0.25, 0.3) is 0 Å². The molecule has 1 heterocycles. The van der Waals surface area contributed by atoms with Gasteiger partial charge >= 0.3 is 0 Å². The van der Waals surface area contributed by atoms with E-state index in [1.54, 1.807) is 34.7 Å². The van der Waals surface area contributed by atoms with Crippen molar-refractivity contribution in [1.82, 2.24) is 14.5 Å². The average Bonchev–Trinajstić information content (AvgIpc) is 2.60. The van der Waals surface area contributed by atoms with E-state index in [1.807, 2.05) is 0 Å². The highest BCUT2D eigenvalue weighted by Gasteiger charge is 2.29. The van der Waals surface area contributed by atoms with Crippen LogP contribution in [0.4, 0.5) is 0 Å². The van der Waals surface area contributed by atoms with Crippen LogP contribution in [0.3, 0.4) is 0 Å². The first-order chi connectivity index (χ1) is 9.03. The summed E-state index contributed by atoms with van der Waals surface area (Å²) < 4.78 is 28.7. The molecule has 20 heavy (non-hydrogen) atoms. The number of hydrogen-bond donors (Lipinski definition) is 3. The van der Waals surface area contributed by atoms with Crippen molar-refractivity contribution in [3.63, 3.8) is 0 Å². The zero-order valence-electron chi connectivity index (χ0n) is 12.3. The third-order valence-electron chi connectivity index (χ3n) is 3.22. The smallest absolute Gasteiger partial charge is 0.244 e. The fraction of sp³-hybridized carbons (Fsp3) is 0.636. The number of rotatable bonds is 5. The Bertz CT molecular complexity index is 631. The Morgan fingerprint density at radius 3 is 2.45 bits per heavy atom. The summed E-state index contributed by atoms with van der Waals surface area (Å²) in [5.74, 6) is -0.0418. The number of sulfonamides is 1. The second kappa shape index (κ2) is 5.41. The molecule has 4 N–H and O–H groups in total. The van der Waals surface area contributed by atoms with E-state index in [9.17, 15) is 8.42 Å². The van der Waals surface area contributed by atoms with Crippen molar-refractivity contribution < 1.29 is 13.6 Å². The lowest BCUT2D eigenvalue weighted by molar-refractivity contribution is 0.307. The van der Waals surface area contributed by atoms with Gasteiger partial charge in [0.25, 0.3) is 0 Å². The maximum atomic E-state index is 12.3. The van der Waals surface area contributed by atoms with Crippen LogP contribution >= 0.6 is 0 Å². The highest BCUT2D eigenvalue weighted by molar-refractivity contribution is 7.89. The summed E-state index contributed by atoms with van der Waals surface area (Å²) in [6.45, 7) is 6.68. The molecule has 8 nitrogen and oxygen atoms in total. The van der Waals surface area contributed by atoms with Crippen molar-refractivity contribution in [3.8, 4) is 0 Å². The maximum absolute atomic E-state index is 12.3. The average molecular weight is 303 g/mol. The summed E-state index contributed by atoms with van der Waals surface area (Å²) >= 11 is 0. The Balaban J connectivity index is 3.03. The minimum Gasteiger partial charge on any atom is -0.409 e. The molecule has 0 radical (unpaired) electrons. The number of amidine groups is 1. The Kier molecular flexibility index (Phi) is 4.45. The first-order valence-corrected chi connectivity index (χ1v) is 7.49. The number of nitrogens with two attached hydrogens (primary N) is 1. The van der Waals surface area contributed by atoms with E-state index in [0.717, 1.165) is 0 Å². The number of hydrogen-bond acceptors (Lipinski definition) is 5. The maximum Gasteiger partial charge on any atom is 0.244 e. The molecule has 1 aromatic rings. The lowest BCUT2D eigenvalue weighted by atomic mass is 9.93. The predicted octanol–water partition coefficient (Wildman–Crippen LogP) is 0.0878. The zero-order chi connectivity index (χ0) is 15.7. The summed E-state index contributed by atoms with van der Waals surface area (Å²) in [4.78, 5) is 0.162. The molecule has 0 aliphatic heterocycles. The van der Waals surface area contributed by atoms with E-state index in [2.05, 4.69) is 15.0 Å². The third kappa shape index (κ3) is 3.10. The van der Waals surface area contributed by atoms with Crippen molar-refractivity contribution in [1.29, 1.82) is 0 Å². The van der Waals surface area contributed by atoms with E-state index < -0.39 is 15.4 Å². The van der Waals surface area contributed by atoms with E-state index in [0.29, 0.717) is 11.4 Å². The Morgan fingerprint density at radius 1 is 1.50 bits per heavy atom. The summed E-state index contributed by atoms with van der Waals surface area (Å²) in [7, 11) is -2.02. The number of aryl methyl sites for hydroxylation is 2. The largest absolute Gasteiger partial charge is 0.409 e. The molecular weight excluding hydrogens is 282 g/mol. The molecule has 114 valence electrons. The molecule has 0 saturated carbocycles. The molecule has 0 unspecified atom stereocenters. The molecule has 0 spiro atoms. The zero-order valence-corrected chi connectivity index (χ0v) is 13.1. The second-order valence-electron chi connectivity index (χ2n) is 5.32. The van der Waals surface area contributed by atoms with E-state index in [-0.39, 0.29) is 17.3 Å². The molecule has 1 rings (SSSR count). The summed E-state index contributed by atoms with van der Waals surface area (Å²) in [5, 5.41) is 15.7. The topological polar surface area (TPSA) is 123 Å². The number of aromatic nitrogens is 2. The van der Waals surface area contributed by atoms with Gasteiger partial charge in [-0.05, 0) is 13.8 Å². The van der Waals surface area contributed by atoms with E-state index >= 15 is 0 Å². The first-order valence-electron chi connectivity index (χ1n) is 6.01. The van der Waals surface area contributed by atoms with Crippen molar-refractivity contribution in [2.45, 2.75) is 32.6 Å². The quantitative estimate of drug-likeness (QED) is 0.308. The number of nitrogens with one attached hydrogen (secondary N) is 1. The van der Waals surface area contributed by atoms with Crippen molar-refractivity contribution >= 4 is 15.9 Å². The van der Waals surface area contributed by atoms with Gasteiger partial charge in [0.1, 0.15) is 10.7 Å². The summed E-state index contributed by atoms with van der Waals surface area (Å²) in [6.07, 6.45) is 0. The van der Waals surface area contributed by atoms with Gasteiger partial charge in [-0.1, -0.05) is 19.0 Å². The molecule has 0 aliphatic carbocycles. The molecule has 0 aliphatic rings. The molecule has 0 saturated heterocycles. The molecule has 0 fully saturated rings. The van der Waals surface area contributed by atoms with Gasteiger partial charge in [-0.25, -0.2) is 13.1 Å². The van der Waals surface area contributed by atoms with Gasteiger partial charge in [-0.2, -0.15) is 5.10 Å². The highest BCUT2D eigenvalue weighted by atomic mass is 32.2. The van der Waals surface area contributed by atoms with Gasteiger partial charge < -0.3 is 10.9 Å². The van der Waals surface area contributed by atoms with Crippen LogP contribution in [-0.4, -0.2) is 35.8 Å². The van der Waals surface area contributed by atoms with Crippen LogP contribution in [-0.2, 0) is 17.1 Å². The fourth-order valence-electron chi connectivity index (χ4n) is 1.72. The Hall–Kier alpha value is -1.61. The second-order valence-corrected chi connectivity index (χ2v) is 7.02. The molecule has 1 aromatic heterocycles. The van der Waals surface area contributed by atoms with Crippen LogP contribution in [0.5, 0.6) is 0 Å². The summed E-state index contributed by atoms with van der Waals surface area (Å²) in [5.41, 5.74) is 5.71. The standard InChI is InChI=1S/C11H21N5O3S/c1-7-9(8(2)16(5)14-7)20(18,19)13-6-11(3,4)10(12)15-17/h13,17H,6H2,1-5H3,(H2,12,15). The van der Waals surface area contributed by atoms with Crippen LogP contribution in [0.2, 0.25) is 0 Å². The van der Waals surface area contributed by atoms with Gasteiger partial charge in [0.2, 0.25) is 10.0 Å². The van der Waals surface area contributed by atoms with Crippen LogP contribution in [0.1, 0.15) is 25.2 Å². The number of oxime groups is 1. The van der Waals surface area contributed by atoms with Crippen LogP contribution in [0.15, 0.2) is 10.1 Å². The van der Waals surface area contributed by atoms with Crippen LogP contribution < -0.4 is 10.5 Å². The SMILES string of the molecule is Cc1nn(C)c(C)c1S(=O)(=O)NCC(C)(C)C(N)=NO. The van der Waals surface area contributed by atoms with Gasteiger partial charge in [0.05, 0.1) is 11.4 Å².